The first-order valence-corrected chi connectivity index (χ1v) is 6.23. The molecule has 1 fully saturated rings. The summed E-state index contributed by atoms with van der Waals surface area (Å²) in [5.41, 5.74) is 2.27. The Morgan fingerprint density at radius 1 is 1.44 bits per heavy atom. The molecule has 1 atom stereocenters. The number of hydrogen-bond acceptors (Lipinski definition) is 3. The number of alkyl carbamates (subject to hydrolysis) is 1. The summed E-state index contributed by atoms with van der Waals surface area (Å²) in [7, 11) is 1.65. The first-order chi connectivity index (χ1) is 8.61. The Morgan fingerprint density at radius 2 is 2.22 bits per heavy atom. The van der Waals surface area contributed by atoms with Gasteiger partial charge in [0.25, 0.3) is 0 Å². The molecule has 1 aromatic carbocycles. The first kappa shape index (κ1) is 12.7. The van der Waals surface area contributed by atoms with Crippen LogP contribution in [0.2, 0.25) is 0 Å². The van der Waals surface area contributed by atoms with E-state index in [1.165, 1.54) is 5.56 Å². The second-order valence-electron chi connectivity index (χ2n) is 4.78. The molecule has 1 saturated heterocycles. The molecule has 4 nitrogen and oxygen atoms in total. The molecule has 0 aromatic heterocycles. The Kier molecular flexibility index (Phi) is 3.75. The number of carbonyl (C=O) groups is 1. The molecular weight excluding hydrogens is 230 g/mol. The lowest BCUT2D eigenvalue weighted by molar-refractivity contribution is 0.115. The highest BCUT2D eigenvalue weighted by atomic mass is 16.6. The van der Waals surface area contributed by atoms with Crippen LogP contribution in [0.4, 0.5) is 4.79 Å². The second kappa shape index (κ2) is 5.29. The van der Waals surface area contributed by atoms with Crippen LogP contribution in [0.15, 0.2) is 18.2 Å². The van der Waals surface area contributed by atoms with Crippen molar-refractivity contribution in [1.82, 2.24) is 5.32 Å². The van der Waals surface area contributed by atoms with Crippen molar-refractivity contribution in [2.45, 2.75) is 32.2 Å². The molecule has 2 rings (SSSR count). The fourth-order valence-electron chi connectivity index (χ4n) is 2.14. The van der Waals surface area contributed by atoms with Gasteiger partial charge in [-0.2, -0.15) is 0 Å². The fourth-order valence-corrected chi connectivity index (χ4v) is 2.14. The lowest BCUT2D eigenvalue weighted by atomic mass is 9.95. The zero-order valence-corrected chi connectivity index (χ0v) is 11.0. The number of benzene rings is 1. The topological polar surface area (TPSA) is 47.6 Å². The molecule has 4 heteroatoms. The molecule has 1 aliphatic heterocycles. The number of ether oxygens (including phenoxy) is 2. The van der Waals surface area contributed by atoms with E-state index in [9.17, 15) is 4.79 Å². The molecule has 98 valence electrons. The molecule has 1 amide bonds. The van der Waals surface area contributed by atoms with Crippen molar-refractivity contribution in [3.05, 3.63) is 29.3 Å². The zero-order chi connectivity index (χ0) is 13.1. The van der Waals surface area contributed by atoms with Crippen LogP contribution >= 0.6 is 0 Å². The van der Waals surface area contributed by atoms with Crippen LogP contribution in [-0.2, 0) is 4.74 Å². The molecule has 0 unspecified atom stereocenters. The number of methoxy groups -OCH3 is 1. The molecule has 0 bridgehead atoms. The lowest BCUT2D eigenvalue weighted by Crippen LogP contribution is -2.35. The van der Waals surface area contributed by atoms with Crippen LogP contribution in [0.1, 0.15) is 43.4 Å². The normalized spacial score (nSPS) is 19.3. The molecule has 0 aliphatic carbocycles. The summed E-state index contributed by atoms with van der Waals surface area (Å²) in [6.45, 7) is 4.74. The Balaban J connectivity index is 2.33. The van der Waals surface area contributed by atoms with Gasteiger partial charge in [0.1, 0.15) is 5.75 Å². The minimum atomic E-state index is -0.358. The first-order valence-electron chi connectivity index (χ1n) is 6.23. The van der Waals surface area contributed by atoms with E-state index in [0.29, 0.717) is 12.5 Å². The van der Waals surface area contributed by atoms with E-state index in [1.807, 2.05) is 6.07 Å². The van der Waals surface area contributed by atoms with E-state index in [2.05, 4.69) is 31.3 Å². The van der Waals surface area contributed by atoms with Gasteiger partial charge in [0, 0.05) is 12.0 Å². The summed E-state index contributed by atoms with van der Waals surface area (Å²) in [5, 5.41) is 2.83. The largest absolute Gasteiger partial charge is 0.496 e. The van der Waals surface area contributed by atoms with Crippen LogP contribution in [0, 0.1) is 0 Å². The monoisotopic (exact) mass is 249 g/mol. The summed E-state index contributed by atoms with van der Waals surface area (Å²) in [6.07, 6.45) is 0.409. The van der Waals surface area contributed by atoms with E-state index in [-0.39, 0.29) is 12.1 Å². The van der Waals surface area contributed by atoms with E-state index < -0.39 is 0 Å². The third-order valence-corrected chi connectivity index (χ3v) is 3.23. The van der Waals surface area contributed by atoms with E-state index in [4.69, 9.17) is 9.47 Å². The van der Waals surface area contributed by atoms with Crippen molar-refractivity contribution in [1.29, 1.82) is 0 Å². The van der Waals surface area contributed by atoms with Crippen molar-refractivity contribution < 1.29 is 14.3 Å². The minimum absolute atomic E-state index is 0.0279. The van der Waals surface area contributed by atoms with Crippen molar-refractivity contribution in [2.24, 2.45) is 0 Å². The van der Waals surface area contributed by atoms with E-state index in [1.54, 1.807) is 7.11 Å². The SMILES string of the molecule is COc1ccc(C(C)C)cc1[C@@H]1CCOC(=O)N1. The predicted molar refractivity (Wildman–Crippen MR) is 68.9 cm³/mol. The van der Waals surface area contributed by atoms with Crippen LogP contribution < -0.4 is 10.1 Å². The number of cyclic esters (lactones) is 1. The van der Waals surface area contributed by atoms with Crippen LogP contribution in [0.25, 0.3) is 0 Å². The van der Waals surface area contributed by atoms with Crippen LogP contribution in [-0.4, -0.2) is 19.8 Å². The summed E-state index contributed by atoms with van der Waals surface area (Å²) in [5.74, 6) is 1.26. The van der Waals surface area contributed by atoms with Gasteiger partial charge in [0.05, 0.1) is 19.8 Å². The fraction of sp³-hybridized carbons (Fsp3) is 0.500. The van der Waals surface area contributed by atoms with Gasteiger partial charge in [-0.1, -0.05) is 19.9 Å². The molecule has 0 saturated carbocycles. The average molecular weight is 249 g/mol. The van der Waals surface area contributed by atoms with Crippen molar-refractivity contribution in [2.75, 3.05) is 13.7 Å². The summed E-state index contributed by atoms with van der Waals surface area (Å²) in [4.78, 5) is 11.3. The van der Waals surface area contributed by atoms with E-state index in [0.717, 1.165) is 17.7 Å². The summed E-state index contributed by atoms with van der Waals surface area (Å²) < 4.78 is 10.3. The standard InChI is InChI=1S/C14H19NO3/c1-9(2)10-4-5-13(17-3)11(8-10)12-6-7-18-14(16)15-12/h4-5,8-9,12H,6-7H2,1-3H3,(H,15,16)/t12-/m0/s1. The van der Waals surface area contributed by atoms with Gasteiger partial charge < -0.3 is 14.8 Å². The smallest absolute Gasteiger partial charge is 0.407 e. The maximum absolute atomic E-state index is 11.3. The molecule has 1 heterocycles. The number of hydrogen-bond donors (Lipinski definition) is 1. The van der Waals surface area contributed by atoms with Gasteiger partial charge in [-0.3, -0.25) is 0 Å². The molecule has 1 aliphatic rings. The average Bonchev–Trinajstić information content (AvgIpc) is 2.38. The molecule has 1 N–H and O–H groups in total. The van der Waals surface area contributed by atoms with Gasteiger partial charge in [0.15, 0.2) is 0 Å². The van der Waals surface area contributed by atoms with Gasteiger partial charge in [0.2, 0.25) is 0 Å². The van der Waals surface area contributed by atoms with Crippen molar-refractivity contribution in [3.8, 4) is 5.75 Å². The van der Waals surface area contributed by atoms with Gasteiger partial charge in [-0.25, -0.2) is 4.79 Å². The number of nitrogens with one attached hydrogen (secondary N) is 1. The third kappa shape index (κ3) is 2.58. The maximum Gasteiger partial charge on any atom is 0.407 e. The highest BCUT2D eigenvalue weighted by Gasteiger charge is 2.24. The predicted octanol–water partition coefficient (Wildman–Crippen LogP) is 2.99. The Labute approximate surface area is 107 Å². The molecule has 0 spiro atoms. The highest BCUT2D eigenvalue weighted by molar-refractivity contribution is 5.69. The van der Waals surface area contributed by atoms with Crippen molar-refractivity contribution >= 4 is 6.09 Å². The van der Waals surface area contributed by atoms with Crippen LogP contribution in [0.3, 0.4) is 0 Å². The Bertz CT molecular complexity index is 443. The number of rotatable bonds is 3. The van der Waals surface area contributed by atoms with Crippen LogP contribution in [0.5, 0.6) is 5.75 Å². The van der Waals surface area contributed by atoms with Gasteiger partial charge in [-0.15, -0.1) is 0 Å². The van der Waals surface area contributed by atoms with E-state index >= 15 is 0 Å². The maximum atomic E-state index is 11.3. The Hall–Kier alpha value is -1.71. The quantitative estimate of drug-likeness (QED) is 0.895. The van der Waals surface area contributed by atoms with Crippen molar-refractivity contribution in [3.63, 3.8) is 0 Å². The second-order valence-corrected chi connectivity index (χ2v) is 4.78. The van der Waals surface area contributed by atoms with Gasteiger partial charge in [-0.05, 0) is 23.6 Å². The summed E-state index contributed by atoms with van der Waals surface area (Å²) in [6, 6.07) is 6.11. The molecular formula is C14H19NO3. The molecule has 0 radical (unpaired) electrons. The number of carbonyl (C=O) groups excluding carboxylic acids is 1. The Morgan fingerprint density at radius 3 is 2.83 bits per heavy atom. The zero-order valence-electron chi connectivity index (χ0n) is 11.0. The highest BCUT2D eigenvalue weighted by Crippen LogP contribution is 2.31. The summed E-state index contributed by atoms with van der Waals surface area (Å²) >= 11 is 0. The number of amides is 1. The van der Waals surface area contributed by atoms with Gasteiger partial charge >= 0.3 is 6.09 Å². The molecule has 18 heavy (non-hydrogen) atoms. The lowest BCUT2D eigenvalue weighted by Gasteiger charge is -2.26. The molecule has 1 aromatic rings. The minimum Gasteiger partial charge on any atom is -0.496 e. The third-order valence-electron chi connectivity index (χ3n) is 3.23.